The monoisotopic (exact) mass is 351 g/mol. The number of rotatable bonds is 3. The van der Waals surface area contributed by atoms with Crippen molar-refractivity contribution >= 4 is 17.5 Å². The number of piperidine rings is 1. The van der Waals surface area contributed by atoms with Gasteiger partial charge in [0.1, 0.15) is 0 Å². The number of amides is 2. The van der Waals surface area contributed by atoms with Crippen molar-refractivity contribution in [2.45, 2.75) is 27.2 Å². The van der Waals surface area contributed by atoms with Crippen molar-refractivity contribution in [3.63, 3.8) is 0 Å². The largest absolute Gasteiger partial charge is 0.338 e. The summed E-state index contributed by atoms with van der Waals surface area (Å²) in [7, 11) is 0. The molecule has 5 nitrogen and oxygen atoms in total. The average molecular weight is 351 g/mol. The number of aromatic nitrogens is 1. The maximum absolute atomic E-state index is 12.9. The zero-order valence-corrected chi connectivity index (χ0v) is 15.5. The summed E-state index contributed by atoms with van der Waals surface area (Å²) in [5.41, 5.74) is 2.67. The number of nitrogens with one attached hydrogen (secondary N) is 1. The Balaban J connectivity index is 1.79. The Morgan fingerprint density at radius 2 is 1.85 bits per heavy atom. The van der Waals surface area contributed by atoms with Crippen molar-refractivity contribution in [2.24, 2.45) is 11.8 Å². The van der Waals surface area contributed by atoms with Crippen molar-refractivity contribution in [1.29, 1.82) is 0 Å². The predicted molar refractivity (Wildman–Crippen MR) is 102 cm³/mol. The molecule has 1 aliphatic rings. The first-order chi connectivity index (χ1) is 12.4. The number of aryl methyl sites for hydroxylation is 1. The van der Waals surface area contributed by atoms with Gasteiger partial charge in [0.05, 0.1) is 5.56 Å². The lowest BCUT2D eigenvalue weighted by Gasteiger charge is -2.35. The summed E-state index contributed by atoms with van der Waals surface area (Å²) in [5, 5.41) is 2.89. The van der Waals surface area contributed by atoms with Gasteiger partial charge in [-0.3, -0.25) is 14.6 Å². The summed E-state index contributed by atoms with van der Waals surface area (Å²) < 4.78 is 0. The maximum atomic E-state index is 12.9. The van der Waals surface area contributed by atoms with Crippen LogP contribution in [0.3, 0.4) is 0 Å². The third kappa shape index (κ3) is 4.10. The summed E-state index contributed by atoms with van der Waals surface area (Å²) >= 11 is 0. The molecule has 136 valence electrons. The first kappa shape index (κ1) is 18.1. The molecule has 1 fully saturated rings. The van der Waals surface area contributed by atoms with Gasteiger partial charge in [0.15, 0.2) is 0 Å². The molecule has 0 bridgehead atoms. The molecule has 0 spiro atoms. The molecule has 1 aliphatic heterocycles. The Morgan fingerprint density at radius 3 is 2.50 bits per heavy atom. The van der Waals surface area contributed by atoms with E-state index in [4.69, 9.17) is 0 Å². The van der Waals surface area contributed by atoms with Gasteiger partial charge in [0.2, 0.25) is 0 Å². The van der Waals surface area contributed by atoms with Crippen LogP contribution in [0.2, 0.25) is 0 Å². The van der Waals surface area contributed by atoms with Gasteiger partial charge in [-0.2, -0.15) is 0 Å². The minimum Gasteiger partial charge on any atom is -0.338 e. The molecular formula is C21H25N3O2. The quantitative estimate of drug-likeness (QED) is 0.916. The Morgan fingerprint density at radius 1 is 1.12 bits per heavy atom. The highest BCUT2D eigenvalue weighted by atomic mass is 16.2. The van der Waals surface area contributed by atoms with Crippen LogP contribution in [0.1, 0.15) is 46.5 Å². The minimum absolute atomic E-state index is 0.0280. The summed E-state index contributed by atoms with van der Waals surface area (Å²) in [5.74, 6) is 0.821. The number of nitrogens with zero attached hydrogens (tertiary/aromatic N) is 2. The highest BCUT2D eigenvalue weighted by molar-refractivity contribution is 6.05. The second kappa shape index (κ2) is 7.68. The molecular weight excluding hydrogens is 326 g/mol. The van der Waals surface area contributed by atoms with E-state index in [1.54, 1.807) is 24.4 Å². The number of benzene rings is 1. The van der Waals surface area contributed by atoms with Gasteiger partial charge in [-0.25, -0.2) is 0 Å². The normalized spacial score (nSPS) is 19.9. The first-order valence-electron chi connectivity index (χ1n) is 9.05. The van der Waals surface area contributed by atoms with Crippen LogP contribution in [-0.4, -0.2) is 34.8 Å². The molecule has 2 heterocycles. The molecule has 26 heavy (non-hydrogen) atoms. The predicted octanol–water partition coefficient (Wildman–Crippen LogP) is 3.76. The van der Waals surface area contributed by atoms with Gasteiger partial charge in [-0.1, -0.05) is 19.9 Å². The number of pyridine rings is 1. The maximum Gasteiger partial charge on any atom is 0.257 e. The van der Waals surface area contributed by atoms with E-state index >= 15 is 0 Å². The van der Waals surface area contributed by atoms with Crippen molar-refractivity contribution in [2.75, 3.05) is 18.4 Å². The summed E-state index contributed by atoms with van der Waals surface area (Å²) in [6.07, 6.45) is 4.31. The zero-order chi connectivity index (χ0) is 18.7. The Bertz CT molecular complexity index is 794. The van der Waals surface area contributed by atoms with E-state index < -0.39 is 0 Å². The number of hydrogen-bond donors (Lipinski definition) is 1. The topological polar surface area (TPSA) is 62.3 Å². The van der Waals surface area contributed by atoms with Crippen LogP contribution in [0.4, 0.5) is 5.69 Å². The van der Waals surface area contributed by atoms with Gasteiger partial charge in [-0.15, -0.1) is 0 Å². The van der Waals surface area contributed by atoms with Gasteiger partial charge in [0, 0.05) is 36.7 Å². The van der Waals surface area contributed by atoms with E-state index in [0.717, 1.165) is 25.1 Å². The summed E-state index contributed by atoms with van der Waals surface area (Å²) in [6, 6.07) is 8.92. The van der Waals surface area contributed by atoms with Crippen LogP contribution in [0.25, 0.3) is 0 Å². The smallest absolute Gasteiger partial charge is 0.257 e. The highest BCUT2D eigenvalue weighted by Crippen LogP contribution is 2.24. The standard InChI is InChI=1S/C21H25N3O2/c1-14-9-15(2)13-24(12-14)21(26)17-7-6-16(3)19(10-17)23-20(25)18-5-4-8-22-11-18/h4-8,10-11,14-15H,9,12-13H2,1-3H3,(H,23,25)/t14-,15-/m0/s1. The lowest BCUT2D eigenvalue weighted by atomic mass is 9.91. The number of carbonyl (C=O) groups excluding carboxylic acids is 2. The van der Waals surface area contributed by atoms with Gasteiger partial charge in [-0.05, 0) is 55.0 Å². The first-order valence-corrected chi connectivity index (χ1v) is 9.05. The number of hydrogen-bond acceptors (Lipinski definition) is 3. The third-order valence-corrected chi connectivity index (χ3v) is 4.81. The number of anilines is 1. The van der Waals surface area contributed by atoms with Crippen LogP contribution >= 0.6 is 0 Å². The molecule has 3 rings (SSSR count). The molecule has 2 atom stereocenters. The number of carbonyl (C=O) groups is 2. The minimum atomic E-state index is -0.231. The van der Waals surface area contributed by atoms with Crippen molar-refractivity contribution in [3.05, 3.63) is 59.4 Å². The van der Waals surface area contributed by atoms with Crippen molar-refractivity contribution in [3.8, 4) is 0 Å². The molecule has 0 radical (unpaired) electrons. The SMILES string of the molecule is Cc1ccc(C(=O)N2C[C@@H](C)C[C@H](C)C2)cc1NC(=O)c1cccnc1. The summed E-state index contributed by atoms with van der Waals surface area (Å²) in [6.45, 7) is 7.86. The lowest BCUT2D eigenvalue weighted by molar-refractivity contribution is 0.0623. The molecule has 2 amide bonds. The van der Waals surface area contributed by atoms with E-state index in [0.29, 0.717) is 28.7 Å². The second-order valence-electron chi connectivity index (χ2n) is 7.38. The molecule has 1 aromatic carbocycles. The van der Waals surface area contributed by atoms with Crippen LogP contribution in [0, 0.1) is 18.8 Å². The molecule has 5 heteroatoms. The van der Waals surface area contributed by atoms with Crippen LogP contribution in [0.5, 0.6) is 0 Å². The molecule has 1 N–H and O–H groups in total. The third-order valence-electron chi connectivity index (χ3n) is 4.81. The van der Waals surface area contributed by atoms with E-state index in [-0.39, 0.29) is 11.8 Å². The molecule has 0 aliphatic carbocycles. The zero-order valence-electron chi connectivity index (χ0n) is 15.5. The van der Waals surface area contributed by atoms with Gasteiger partial charge in [0.25, 0.3) is 11.8 Å². The van der Waals surface area contributed by atoms with E-state index in [9.17, 15) is 9.59 Å². The van der Waals surface area contributed by atoms with E-state index in [1.165, 1.54) is 6.20 Å². The Kier molecular flexibility index (Phi) is 5.35. The molecule has 0 saturated carbocycles. The fourth-order valence-corrected chi connectivity index (χ4v) is 3.59. The summed E-state index contributed by atoms with van der Waals surface area (Å²) in [4.78, 5) is 31.2. The van der Waals surface area contributed by atoms with Gasteiger partial charge < -0.3 is 10.2 Å². The van der Waals surface area contributed by atoms with Crippen LogP contribution in [-0.2, 0) is 0 Å². The van der Waals surface area contributed by atoms with Crippen molar-refractivity contribution < 1.29 is 9.59 Å². The average Bonchev–Trinajstić information content (AvgIpc) is 2.63. The van der Waals surface area contributed by atoms with Crippen LogP contribution < -0.4 is 5.32 Å². The molecule has 0 unspecified atom stereocenters. The fourth-order valence-electron chi connectivity index (χ4n) is 3.59. The van der Waals surface area contributed by atoms with Crippen molar-refractivity contribution in [1.82, 2.24) is 9.88 Å². The molecule has 2 aromatic rings. The van der Waals surface area contributed by atoms with E-state index in [2.05, 4.69) is 24.1 Å². The second-order valence-corrected chi connectivity index (χ2v) is 7.38. The van der Waals surface area contributed by atoms with Crippen LogP contribution in [0.15, 0.2) is 42.7 Å². The van der Waals surface area contributed by atoms with Gasteiger partial charge >= 0.3 is 0 Å². The molecule has 1 saturated heterocycles. The fraction of sp³-hybridized carbons (Fsp3) is 0.381. The highest BCUT2D eigenvalue weighted by Gasteiger charge is 2.26. The lowest BCUT2D eigenvalue weighted by Crippen LogP contribution is -2.42. The number of likely N-dealkylation sites (tertiary alicyclic amines) is 1. The Labute approximate surface area is 154 Å². The molecule has 1 aromatic heterocycles. The van der Waals surface area contributed by atoms with E-state index in [1.807, 2.05) is 24.0 Å². The Hall–Kier alpha value is -2.69.